The van der Waals surface area contributed by atoms with E-state index in [1.807, 2.05) is 42.5 Å². The zero-order chi connectivity index (χ0) is 20.8. The first kappa shape index (κ1) is 21.2. The van der Waals surface area contributed by atoms with E-state index < -0.39 is 5.91 Å². The Bertz CT molecular complexity index is 931. The first-order valence-corrected chi connectivity index (χ1v) is 10.4. The molecule has 0 fully saturated rings. The molecule has 0 unspecified atom stereocenters. The number of hydrogen-bond donors (Lipinski definition) is 0. The number of nitrogens with zero attached hydrogens (tertiary/aromatic N) is 2. The number of amides is 2. The van der Waals surface area contributed by atoms with Crippen LogP contribution in [-0.4, -0.2) is 42.6 Å². The Kier molecular flexibility index (Phi) is 7.17. The first-order chi connectivity index (χ1) is 14.0. The van der Waals surface area contributed by atoms with Gasteiger partial charge in [0.1, 0.15) is 6.42 Å². The Hall–Kier alpha value is -2.51. The molecule has 8 heteroatoms. The second-order valence-electron chi connectivity index (χ2n) is 6.36. The van der Waals surface area contributed by atoms with E-state index in [4.69, 9.17) is 21.1 Å². The number of carbonyl (C=O) groups excluding carboxylic acids is 2. The standard InChI is InChI=1S/C21H21ClN2O4S/c1-27-17-8-5-14(11-18(17)28-2)9-10-24-20(26)12-19(25)23-21(24)29-13-15-3-6-16(22)7-4-15/h3-8,11H,9-10,12-13H2,1-2H3. The Labute approximate surface area is 178 Å². The number of rotatable bonds is 7. The van der Waals surface area contributed by atoms with Gasteiger partial charge < -0.3 is 9.47 Å². The molecule has 2 amide bonds. The van der Waals surface area contributed by atoms with E-state index in [9.17, 15) is 9.59 Å². The third kappa shape index (κ3) is 5.52. The molecule has 0 aliphatic carbocycles. The van der Waals surface area contributed by atoms with Crippen LogP contribution in [0.2, 0.25) is 5.02 Å². The molecular weight excluding hydrogens is 412 g/mol. The van der Waals surface area contributed by atoms with Crippen LogP contribution in [0.15, 0.2) is 47.5 Å². The van der Waals surface area contributed by atoms with Crippen LogP contribution in [0.4, 0.5) is 0 Å². The van der Waals surface area contributed by atoms with Gasteiger partial charge in [-0.1, -0.05) is 41.6 Å². The maximum Gasteiger partial charge on any atom is 0.257 e. The van der Waals surface area contributed by atoms with Crippen molar-refractivity contribution in [1.82, 2.24) is 4.90 Å². The predicted molar refractivity (Wildman–Crippen MR) is 115 cm³/mol. The van der Waals surface area contributed by atoms with E-state index >= 15 is 0 Å². The summed E-state index contributed by atoms with van der Waals surface area (Å²) in [5, 5.41) is 1.09. The third-order valence-electron chi connectivity index (χ3n) is 4.41. The number of aliphatic imine (C=N–C) groups is 1. The number of methoxy groups -OCH3 is 2. The summed E-state index contributed by atoms with van der Waals surface area (Å²) < 4.78 is 10.6. The number of amidine groups is 1. The lowest BCUT2D eigenvalue weighted by molar-refractivity contribution is -0.133. The molecule has 0 aromatic heterocycles. The van der Waals surface area contributed by atoms with Crippen LogP contribution in [0, 0.1) is 0 Å². The lowest BCUT2D eigenvalue weighted by Gasteiger charge is -2.26. The highest BCUT2D eigenvalue weighted by Crippen LogP contribution is 2.28. The smallest absolute Gasteiger partial charge is 0.257 e. The largest absolute Gasteiger partial charge is 0.493 e. The van der Waals surface area contributed by atoms with Gasteiger partial charge in [0, 0.05) is 17.3 Å². The van der Waals surface area contributed by atoms with Gasteiger partial charge in [-0.25, -0.2) is 0 Å². The maximum atomic E-state index is 12.5. The fourth-order valence-electron chi connectivity index (χ4n) is 2.87. The van der Waals surface area contributed by atoms with E-state index in [1.54, 1.807) is 19.1 Å². The van der Waals surface area contributed by atoms with Crippen molar-refractivity contribution >= 4 is 40.3 Å². The molecule has 0 radical (unpaired) electrons. The fraction of sp³-hybridized carbons (Fsp3) is 0.286. The van der Waals surface area contributed by atoms with Crippen LogP contribution in [0.5, 0.6) is 11.5 Å². The van der Waals surface area contributed by atoms with Gasteiger partial charge in [-0.05, 0) is 41.8 Å². The maximum absolute atomic E-state index is 12.5. The number of halogens is 1. The lowest BCUT2D eigenvalue weighted by Crippen LogP contribution is -2.41. The van der Waals surface area contributed by atoms with Gasteiger partial charge >= 0.3 is 0 Å². The van der Waals surface area contributed by atoms with Gasteiger partial charge in [0.15, 0.2) is 16.7 Å². The molecule has 1 heterocycles. The van der Waals surface area contributed by atoms with Gasteiger partial charge in [-0.2, -0.15) is 4.99 Å². The minimum atomic E-state index is -0.407. The molecule has 0 atom stereocenters. The molecule has 2 aromatic rings. The van der Waals surface area contributed by atoms with Gasteiger partial charge in [0.05, 0.1) is 14.2 Å². The molecule has 2 aromatic carbocycles. The monoisotopic (exact) mass is 432 g/mol. The van der Waals surface area contributed by atoms with Crippen LogP contribution in [0.25, 0.3) is 0 Å². The molecule has 0 saturated heterocycles. The van der Waals surface area contributed by atoms with E-state index in [2.05, 4.69) is 4.99 Å². The topological polar surface area (TPSA) is 68.2 Å². The first-order valence-electron chi connectivity index (χ1n) is 9.00. The Balaban J connectivity index is 1.69. The average Bonchev–Trinajstić information content (AvgIpc) is 2.72. The van der Waals surface area contributed by atoms with Crippen molar-refractivity contribution in [1.29, 1.82) is 0 Å². The normalized spacial score (nSPS) is 14.0. The molecule has 1 aliphatic rings. The van der Waals surface area contributed by atoms with Crippen molar-refractivity contribution in [3.63, 3.8) is 0 Å². The van der Waals surface area contributed by atoms with Crippen LogP contribution >= 0.6 is 23.4 Å². The van der Waals surface area contributed by atoms with Crippen LogP contribution in [0.1, 0.15) is 17.5 Å². The van der Waals surface area contributed by atoms with Crippen molar-refractivity contribution in [3.05, 3.63) is 58.6 Å². The summed E-state index contributed by atoms with van der Waals surface area (Å²) in [7, 11) is 3.17. The molecule has 0 spiro atoms. The minimum absolute atomic E-state index is 0.197. The number of benzene rings is 2. The highest BCUT2D eigenvalue weighted by molar-refractivity contribution is 8.13. The quantitative estimate of drug-likeness (QED) is 0.620. The number of hydrogen-bond acceptors (Lipinski definition) is 5. The van der Waals surface area contributed by atoms with Crippen molar-refractivity contribution < 1.29 is 19.1 Å². The summed E-state index contributed by atoms with van der Waals surface area (Å²) in [5.41, 5.74) is 2.03. The van der Waals surface area contributed by atoms with Crippen LogP contribution in [-0.2, 0) is 21.8 Å². The molecule has 0 bridgehead atoms. The Morgan fingerprint density at radius 1 is 1.03 bits per heavy atom. The Morgan fingerprint density at radius 3 is 2.41 bits per heavy atom. The Morgan fingerprint density at radius 2 is 1.72 bits per heavy atom. The molecule has 0 saturated carbocycles. The molecule has 6 nitrogen and oxygen atoms in total. The van der Waals surface area contributed by atoms with E-state index in [0.717, 1.165) is 11.1 Å². The van der Waals surface area contributed by atoms with Crippen molar-refractivity contribution in [2.24, 2.45) is 4.99 Å². The van der Waals surface area contributed by atoms with E-state index in [0.29, 0.717) is 40.4 Å². The van der Waals surface area contributed by atoms with Gasteiger partial charge in [0.25, 0.3) is 5.91 Å². The summed E-state index contributed by atoms with van der Waals surface area (Å²) in [6.07, 6.45) is 0.401. The fourth-order valence-corrected chi connectivity index (χ4v) is 4.00. The zero-order valence-corrected chi connectivity index (χ0v) is 17.8. The molecule has 29 heavy (non-hydrogen) atoms. The predicted octanol–water partition coefficient (Wildman–Crippen LogP) is 3.95. The number of carbonyl (C=O) groups is 2. The number of ether oxygens (including phenoxy) is 2. The molecule has 152 valence electrons. The summed E-state index contributed by atoms with van der Waals surface area (Å²) in [6.45, 7) is 0.425. The van der Waals surface area contributed by atoms with Crippen LogP contribution < -0.4 is 9.47 Å². The SMILES string of the molecule is COc1ccc(CCN2C(=O)CC(=O)N=C2SCc2ccc(Cl)cc2)cc1OC. The summed E-state index contributed by atoms with van der Waals surface area (Å²) in [5.74, 6) is 1.23. The van der Waals surface area contributed by atoms with Crippen molar-refractivity contribution in [2.75, 3.05) is 20.8 Å². The second kappa shape index (κ2) is 9.80. The van der Waals surface area contributed by atoms with E-state index in [-0.39, 0.29) is 12.3 Å². The van der Waals surface area contributed by atoms with Gasteiger partial charge in [-0.3, -0.25) is 14.5 Å². The average molecular weight is 433 g/mol. The summed E-state index contributed by atoms with van der Waals surface area (Å²) in [6, 6.07) is 13.1. The molecule has 3 rings (SSSR count). The molecular formula is C21H21ClN2O4S. The van der Waals surface area contributed by atoms with Crippen molar-refractivity contribution in [3.8, 4) is 11.5 Å². The lowest BCUT2D eigenvalue weighted by atomic mass is 10.1. The van der Waals surface area contributed by atoms with E-state index in [1.165, 1.54) is 11.8 Å². The highest BCUT2D eigenvalue weighted by Gasteiger charge is 2.28. The third-order valence-corrected chi connectivity index (χ3v) is 5.71. The van der Waals surface area contributed by atoms with Gasteiger partial charge in [0.2, 0.25) is 5.91 Å². The summed E-state index contributed by atoms with van der Waals surface area (Å²) >= 11 is 7.28. The minimum Gasteiger partial charge on any atom is -0.493 e. The molecule has 1 aliphatic heterocycles. The molecule has 0 N–H and O–H groups in total. The second-order valence-corrected chi connectivity index (χ2v) is 7.74. The number of thioether (sulfide) groups is 1. The summed E-state index contributed by atoms with van der Waals surface area (Å²) in [4.78, 5) is 30.0. The zero-order valence-electron chi connectivity index (χ0n) is 16.2. The van der Waals surface area contributed by atoms with Crippen LogP contribution in [0.3, 0.4) is 0 Å². The van der Waals surface area contributed by atoms with Gasteiger partial charge in [-0.15, -0.1) is 0 Å². The highest BCUT2D eigenvalue weighted by atomic mass is 35.5. The van der Waals surface area contributed by atoms with Crippen molar-refractivity contribution in [2.45, 2.75) is 18.6 Å².